The maximum atomic E-state index is 13.0. The summed E-state index contributed by atoms with van der Waals surface area (Å²) >= 11 is 0. The highest BCUT2D eigenvalue weighted by atomic mass is 19.1. The van der Waals surface area contributed by atoms with E-state index >= 15 is 0 Å². The van der Waals surface area contributed by atoms with E-state index in [4.69, 9.17) is 0 Å². The molecule has 2 aliphatic heterocycles. The number of carbonyl (C=O) groups is 2. The zero-order valence-electron chi connectivity index (χ0n) is 14.8. The van der Waals surface area contributed by atoms with Gasteiger partial charge in [0.25, 0.3) is 0 Å². The molecular formula is C19H26FN3O3. The van der Waals surface area contributed by atoms with E-state index in [-0.39, 0.29) is 35.9 Å². The lowest BCUT2D eigenvalue weighted by atomic mass is 9.96. The third kappa shape index (κ3) is 4.80. The second-order valence-electron chi connectivity index (χ2n) is 7.21. The van der Waals surface area contributed by atoms with E-state index < -0.39 is 6.10 Å². The molecule has 1 aromatic carbocycles. The van der Waals surface area contributed by atoms with Crippen molar-refractivity contribution < 1.29 is 19.1 Å². The third-order valence-corrected chi connectivity index (χ3v) is 5.26. The average molecular weight is 363 g/mol. The quantitative estimate of drug-likeness (QED) is 0.703. The highest BCUT2D eigenvalue weighted by Crippen LogP contribution is 2.18. The van der Waals surface area contributed by atoms with E-state index in [1.165, 1.54) is 12.1 Å². The normalized spacial score (nSPS) is 25.9. The number of nitrogens with one attached hydrogen (secondary N) is 2. The molecule has 0 aliphatic carbocycles. The number of nitrogens with zero attached hydrogens (tertiary/aromatic N) is 1. The van der Waals surface area contributed by atoms with Gasteiger partial charge in [0.1, 0.15) is 5.82 Å². The molecule has 2 amide bonds. The molecule has 7 heteroatoms. The van der Waals surface area contributed by atoms with Gasteiger partial charge < -0.3 is 20.6 Å². The molecule has 1 aromatic rings. The predicted molar refractivity (Wildman–Crippen MR) is 94.8 cm³/mol. The van der Waals surface area contributed by atoms with Gasteiger partial charge in [-0.2, -0.15) is 0 Å². The second kappa shape index (κ2) is 8.60. The first-order chi connectivity index (χ1) is 12.5. The fourth-order valence-electron chi connectivity index (χ4n) is 3.61. The Morgan fingerprint density at radius 2 is 2.04 bits per heavy atom. The van der Waals surface area contributed by atoms with Crippen molar-refractivity contribution in [3.8, 4) is 0 Å². The van der Waals surface area contributed by atoms with E-state index in [9.17, 15) is 19.1 Å². The largest absolute Gasteiger partial charge is 0.391 e. The molecule has 142 valence electrons. The smallest absolute Gasteiger partial charge is 0.227 e. The Kier molecular flexibility index (Phi) is 6.21. The van der Waals surface area contributed by atoms with Crippen molar-refractivity contribution in [1.82, 2.24) is 15.5 Å². The molecule has 2 saturated heterocycles. The van der Waals surface area contributed by atoms with Gasteiger partial charge in [0.15, 0.2) is 0 Å². The fourth-order valence-corrected chi connectivity index (χ4v) is 3.61. The number of hydrogen-bond acceptors (Lipinski definition) is 4. The monoisotopic (exact) mass is 363 g/mol. The first-order valence-corrected chi connectivity index (χ1v) is 9.21. The van der Waals surface area contributed by atoms with Crippen LogP contribution in [0, 0.1) is 17.7 Å². The zero-order valence-corrected chi connectivity index (χ0v) is 14.8. The number of likely N-dealkylation sites (tertiary alicyclic amines) is 1. The van der Waals surface area contributed by atoms with E-state index in [1.54, 1.807) is 17.0 Å². The van der Waals surface area contributed by atoms with Crippen molar-refractivity contribution in [2.75, 3.05) is 32.7 Å². The summed E-state index contributed by atoms with van der Waals surface area (Å²) in [6.07, 6.45) is 1.35. The maximum Gasteiger partial charge on any atom is 0.227 e. The Morgan fingerprint density at radius 3 is 2.73 bits per heavy atom. The fraction of sp³-hybridized carbons (Fsp3) is 0.579. The van der Waals surface area contributed by atoms with Gasteiger partial charge in [0.05, 0.1) is 18.4 Å². The van der Waals surface area contributed by atoms with Gasteiger partial charge in [0, 0.05) is 38.6 Å². The van der Waals surface area contributed by atoms with E-state index in [0.717, 1.165) is 18.4 Å². The van der Waals surface area contributed by atoms with Crippen LogP contribution in [0.1, 0.15) is 18.4 Å². The number of rotatable bonds is 5. The summed E-state index contributed by atoms with van der Waals surface area (Å²) < 4.78 is 13.0. The van der Waals surface area contributed by atoms with Gasteiger partial charge >= 0.3 is 0 Å². The minimum atomic E-state index is -0.421. The minimum Gasteiger partial charge on any atom is -0.391 e. The molecule has 3 unspecified atom stereocenters. The van der Waals surface area contributed by atoms with Crippen LogP contribution in [-0.2, 0) is 16.0 Å². The van der Waals surface area contributed by atoms with Gasteiger partial charge in [-0.25, -0.2) is 4.39 Å². The molecule has 3 N–H and O–H groups in total. The summed E-state index contributed by atoms with van der Waals surface area (Å²) in [6, 6.07) is 5.92. The van der Waals surface area contributed by atoms with Crippen molar-refractivity contribution >= 4 is 11.8 Å². The van der Waals surface area contributed by atoms with Crippen LogP contribution >= 0.6 is 0 Å². The molecule has 6 nitrogen and oxygen atoms in total. The van der Waals surface area contributed by atoms with E-state index in [1.807, 2.05) is 0 Å². The molecule has 0 aromatic heterocycles. The lowest BCUT2D eigenvalue weighted by molar-refractivity contribution is -0.135. The summed E-state index contributed by atoms with van der Waals surface area (Å²) in [7, 11) is 0. The third-order valence-electron chi connectivity index (χ3n) is 5.26. The highest BCUT2D eigenvalue weighted by Gasteiger charge is 2.30. The minimum absolute atomic E-state index is 0.0375. The Labute approximate surface area is 152 Å². The van der Waals surface area contributed by atoms with Crippen molar-refractivity contribution in [1.29, 1.82) is 0 Å². The lowest BCUT2D eigenvalue weighted by Gasteiger charge is -2.32. The molecule has 2 aliphatic rings. The van der Waals surface area contributed by atoms with Crippen molar-refractivity contribution in [3.63, 3.8) is 0 Å². The molecule has 26 heavy (non-hydrogen) atoms. The molecule has 0 spiro atoms. The summed E-state index contributed by atoms with van der Waals surface area (Å²) in [5, 5.41) is 15.8. The molecule has 3 atom stereocenters. The topological polar surface area (TPSA) is 81.7 Å². The average Bonchev–Trinajstić information content (AvgIpc) is 3.06. The predicted octanol–water partition coefficient (Wildman–Crippen LogP) is 0.303. The van der Waals surface area contributed by atoms with Crippen molar-refractivity contribution in [2.45, 2.75) is 25.4 Å². The Morgan fingerprint density at radius 1 is 1.27 bits per heavy atom. The summed E-state index contributed by atoms with van der Waals surface area (Å²) in [5.74, 6) is -0.586. The van der Waals surface area contributed by atoms with Crippen LogP contribution < -0.4 is 10.6 Å². The summed E-state index contributed by atoms with van der Waals surface area (Å²) in [5.41, 5.74) is 0.769. The number of halogens is 1. The number of hydrogen-bond donors (Lipinski definition) is 3. The molecule has 2 heterocycles. The first kappa shape index (κ1) is 18.8. The maximum absolute atomic E-state index is 13.0. The molecule has 2 fully saturated rings. The zero-order chi connectivity index (χ0) is 18.5. The number of aliphatic hydroxyl groups is 1. The van der Waals surface area contributed by atoms with E-state index in [0.29, 0.717) is 32.7 Å². The van der Waals surface area contributed by atoms with Gasteiger partial charge in [-0.1, -0.05) is 12.1 Å². The Bertz CT molecular complexity index is 637. The molecule has 0 radical (unpaired) electrons. The van der Waals surface area contributed by atoms with Crippen LogP contribution in [0.4, 0.5) is 4.39 Å². The standard InChI is InChI=1S/C19H26FN3O3/c20-16-5-3-13(4-6-16)8-18(25)23-7-1-2-14(12-23)19(26)22-10-15-9-21-11-17(15)24/h3-6,14-15,17,21,24H,1-2,7-12H2,(H,22,26). The lowest BCUT2D eigenvalue weighted by Crippen LogP contribution is -2.47. The SMILES string of the molecule is O=C(NCC1CNCC1O)C1CCCN(C(=O)Cc2ccc(F)cc2)C1. The summed E-state index contributed by atoms with van der Waals surface area (Å²) in [6.45, 7) is 2.78. The van der Waals surface area contributed by atoms with Crippen LogP contribution in [0.3, 0.4) is 0 Å². The van der Waals surface area contributed by atoms with Crippen LogP contribution in [0.2, 0.25) is 0 Å². The van der Waals surface area contributed by atoms with Crippen LogP contribution in [0.25, 0.3) is 0 Å². The van der Waals surface area contributed by atoms with Gasteiger partial charge in [-0.3, -0.25) is 9.59 Å². The van der Waals surface area contributed by atoms with E-state index in [2.05, 4.69) is 10.6 Å². The van der Waals surface area contributed by atoms with Gasteiger partial charge in [-0.05, 0) is 30.5 Å². The Balaban J connectivity index is 1.48. The number of piperidine rings is 1. The molecule has 3 rings (SSSR count). The van der Waals surface area contributed by atoms with Crippen molar-refractivity contribution in [2.24, 2.45) is 11.8 Å². The van der Waals surface area contributed by atoms with Gasteiger partial charge in [-0.15, -0.1) is 0 Å². The molecule has 0 bridgehead atoms. The van der Waals surface area contributed by atoms with Crippen LogP contribution in [0.5, 0.6) is 0 Å². The number of carbonyl (C=O) groups excluding carboxylic acids is 2. The second-order valence-corrected chi connectivity index (χ2v) is 7.21. The number of benzene rings is 1. The number of aliphatic hydroxyl groups excluding tert-OH is 1. The van der Waals surface area contributed by atoms with Crippen molar-refractivity contribution in [3.05, 3.63) is 35.6 Å². The summed E-state index contributed by atoms with van der Waals surface area (Å²) in [4.78, 5) is 26.6. The first-order valence-electron chi connectivity index (χ1n) is 9.21. The number of amides is 2. The molecular weight excluding hydrogens is 337 g/mol. The number of β-amino-alcohol motifs (C(OH)–C–C–N with tert-alkyl or cyclic N) is 1. The van der Waals surface area contributed by atoms with Crippen LogP contribution in [-0.4, -0.2) is 60.6 Å². The highest BCUT2D eigenvalue weighted by molar-refractivity contribution is 5.82. The molecule has 0 saturated carbocycles. The Hall–Kier alpha value is -1.99. The van der Waals surface area contributed by atoms with Crippen LogP contribution in [0.15, 0.2) is 24.3 Å². The van der Waals surface area contributed by atoms with Gasteiger partial charge in [0.2, 0.25) is 11.8 Å².